The highest BCUT2D eigenvalue weighted by molar-refractivity contribution is 4.96. The van der Waals surface area contributed by atoms with Gasteiger partial charge in [0.25, 0.3) is 0 Å². The van der Waals surface area contributed by atoms with Crippen LogP contribution < -0.4 is 5.32 Å². The Labute approximate surface area is 119 Å². The van der Waals surface area contributed by atoms with Crippen LogP contribution in [0.15, 0.2) is 0 Å². The van der Waals surface area contributed by atoms with E-state index >= 15 is 0 Å². The van der Waals surface area contributed by atoms with E-state index in [0.717, 1.165) is 36.0 Å². The van der Waals surface area contributed by atoms with E-state index in [0.29, 0.717) is 0 Å². The number of hydrogen-bond acceptors (Lipinski definition) is 2. The second kappa shape index (κ2) is 5.73. The molecule has 3 aliphatic rings. The zero-order valence-electron chi connectivity index (χ0n) is 13.1. The van der Waals surface area contributed by atoms with Crippen LogP contribution in [0.4, 0.5) is 0 Å². The standard InChI is InChI=1S/C17H32N2/c1-12-6-4-7-13(2)17(12)18-14-10-15-8-5-9-16(11-14)19(15)3/h12-18H,4-11H2,1-3H3. The minimum absolute atomic E-state index is 0.780. The maximum atomic E-state index is 4.08. The van der Waals surface area contributed by atoms with Crippen molar-refractivity contribution in [3.05, 3.63) is 0 Å². The van der Waals surface area contributed by atoms with Crippen LogP contribution in [0.3, 0.4) is 0 Å². The average Bonchev–Trinajstić information content (AvgIpc) is 2.35. The molecule has 2 nitrogen and oxygen atoms in total. The molecule has 2 bridgehead atoms. The van der Waals surface area contributed by atoms with Gasteiger partial charge in [0.1, 0.15) is 0 Å². The molecular weight excluding hydrogens is 232 g/mol. The Balaban J connectivity index is 1.61. The zero-order chi connectivity index (χ0) is 13.4. The van der Waals surface area contributed by atoms with Gasteiger partial charge in [-0.25, -0.2) is 0 Å². The van der Waals surface area contributed by atoms with Gasteiger partial charge in [-0.15, -0.1) is 0 Å². The summed E-state index contributed by atoms with van der Waals surface area (Å²) in [6.45, 7) is 4.92. The van der Waals surface area contributed by atoms with Gasteiger partial charge in [-0.3, -0.25) is 0 Å². The Morgan fingerprint density at radius 1 is 0.842 bits per heavy atom. The van der Waals surface area contributed by atoms with Gasteiger partial charge in [-0.05, 0) is 57.4 Å². The number of hydrogen-bond donors (Lipinski definition) is 1. The van der Waals surface area contributed by atoms with Crippen molar-refractivity contribution in [3.8, 4) is 0 Å². The predicted molar refractivity (Wildman–Crippen MR) is 81.3 cm³/mol. The van der Waals surface area contributed by atoms with E-state index in [2.05, 4.69) is 31.1 Å². The first-order valence-electron chi connectivity index (χ1n) is 8.63. The topological polar surface area (TPSA) is 15.3 Å². The number of fused-ring (bicyclic) bond motifs is 2. The smallest absolute Gasteiger partial charge is 0.0121 e. The normalized spacial score (nSPS) is 48.2. The zero-order valence-corrected chi connectivity index (χ0v) is 13.1. The maximum absolute atomic E-state index is 4.08. The van der Waals surface area contributed by atoms with Crippen LogP contribution in [0.2, 0.25) is 0 Å². The molecular formula is C17H32N2. The molecule has 3 fully saturated rings. The lowest BCUT2D eigenvalue weighted by atomic mass is 9.76. The molecule has 2 aliphatic heterocycles. The van der Waals surface area contributed by atoms with Gasteiger partial charge in [0.05, 0.1) is 0 Å². The van der Waals surface area contributed by atoms with Crippen LogP contribution in [0, 0.1) is 11.8 Å². The fraction of sp³-hybridized carbons (Fsp3) is 1.00. The summed E-state index contributed by atoms with van der Waals surface area (Å²) < 4.78 is 0. The van der Waals surface area contributed by atoms with E-state index in [-0.39, 0.29) is 0 Å². The van der Waals surface area contributed by atoms with Gasteiger partial charge in [0.2, 0.25) is 0 Å². The summed E-state index contributed by atoms with van der Waals surface area (Å²) in [7, 11) is 2.36. The summed E-state index contributed by atoms with van der Waals surface area (Å²) in [6.07, 6.45) is 11.4. The van der Waals surface area contributed by atoms with Crippen molar-refractivity contribution in [2.45, 2.75) is 89.4 Å². The lowest BCUT2D eigenvalue weighted by molar-refractivity contribution is 0.0383. The Hall–Kier alpha value is -0.0800. The van der Waals surface area contributed by atoms with Crippen molar-refractivity contribution >= 4 is 0 Å². The SMILES string of the molecule is CC1CCCC(C)C1NC1CC2CCCC(C1)N2C. The quantitative estimate of drug-likeness (QED) is 0.822. The Bertz CT molecular complexity index is 280. The molecule has 2 saturated heterocycles. The highest BCUT2D eigenvalue weighted by Gasteiger charge is 2.38. The summed E-state index contributed by atoms with van der Waals surface area (Å²) in [6, 6.07) is 3.29. The lowest BCUT2D eigenvalue weighted by Crippen LogP contribution is -2.57. The maximum Gasteiger partial charge on any atom is 0.0121 e. The summed E-state index contributed by atoms with van der Waals surface area (Å²) >= 11 is 0. The van der Waals surface area contributed by atoms with Crippen LogP contribution in [-0.4, -0.2) is 36.1 Å². The van der Waals surface area contributed by atoms with Crippen molar-refractivity contribution in [1.82, 2.24) is 10.2 Å². The Morgan fingerprint density at radius 2 is 1.37 bits per heavy atom. The van der Waals surface area contributed by atoms with Gasteiger partial charge in [0.15, 0.2) is 0 Å². The van der Waals surface area contributed by atoms with Crippen molar-refractivity contribution in [3.63, 3.8) is 0 Å². The van der Waals surface area contributed by atoms with Gasteiger partial charge in [0, 0.05) is 24.2 Å². The molecule has 1 aliphatic carbocycles. The highest BCUT2D eigenvalue weighted by atomic mass is 15.2. The molecule has 2 heterocycles. The van der Waals surface area contributed by atoms with E-state index in [1.807, 2.05) is 0 Å². The first-order chi connectivity index (χ1) is 9.15. The molecule has 0 radical (unpaired) electrons. The van der Waals surface area contributed by atoms with Crippen LogP contribution in [0.25, 0.3) is 0 Å². The largest absolute Gasteiger partial charge is 0.311 e. The highest BCUT2D eigenvalue weighted by Crippen LogP contribution is 2.35. The van der Waals surface area contributed by atoms with E-state index in [1.165, 1.54) is 51.4 Å². The number of rotatable bonds is 2. The molecule has 4 atom stereocenters. The first kappa shape index (κ1) is 13.9. The van der Waals surface area contributed by atoms with Gasteiger partial charge >= 0.3 is 0 Å². The molecule has 1 saturated carbocycles. The second-order valence-corrected chi connectivity index (χ2v) is 7.65. The summed E-state index contributed by atoms with van der Waals surface area (Å²) in [4.78, 5) is 2.68. The summed E-state index contributed by atoms with van der Waals surface area (Å²) in [5, 5.41) is 4.08. The average molecular weight is 264 g/mol. The fourth-order valence-electron chi connectivity index (χ4n) is 5.03. The van der Waals surface area contributed by atoms with Crippen molar-refractivity contribution in [1.29, 1.82) is 0 Å². The molecule has 0 aromatic rings. The Morgan fingerprint density at radius 3 is 1.95 bits per heavy atom. The molecule has 19 heavy (non-hydrogen) atoms. The second-order valence-electron chi connectivity index (χ2n) is 7.65. The molecule has 110 valence electrons. The van der Waals surface area contributed by atoms with Crippen LogP contribution >= 0.6 is 0 Å². The monoisotopic (exact) mass is 264 g/mol. The number of nitrogens with one attached hydrogen (secondary N) is 1. The van der Waals surface area contributed by atoms with E-state index in [9.17, 15) is 0 Å². The minimum Gasteiger partial charge on any atom is -0.311 e. The van der Waals surface area contributed by atoms with Crippen molar-refractivity contribution < 1.29 is 0 Å². The Kier molecular flexibility index (Phi) is 4.19. The molecule has 0 spiro atoms. The predicted octanol–water partition coefficient (Wildman–Crippen LogP) is 3.42. The molecule has 3 rings (SSSR count). The first-order valence-corrected chi connectivity index (χ1v) is 8.63. The number of nitrogens with zero attached hydrogens (tertiary/aromatic N) is 1. The van der Waals surface area contributed by atoms with Crippen molar-refractivity contribution in [2.24, 2.45) is 11.8 Å². The molecule has 4 unspecified atom stereocenters. The third-order valence-corrected chi connectivity index (χ3v) is 6.31. The van der Waals surface area contributed by atoms with E-state index in [1.54, 1.807) is 0 Å². The summed E-state index contributed by atoms with van der Waals surface area (Å²) in [5.41, 5.74) is 0. The van der Waals surface area contributed by atoms with Crippen molar-refractivity contribution in [2.75, 3.05) is 7.05 Å². The van der Waals surface area contributed by atoms with Gasteiger partial charge in [-0.2, -0.15) is 0 Å². The van der Waals surface area contributed by atoms with E-state index in [4.69, 9.17) is 0 Å². The van der Waals surface area contributed by atoms with Crippen LogP contribution in [0.5, 0.6) is 0 Å². The molecule has 0 amide bonds. The summed E-state index contributed by atoms with van der Waals surface area (Å²) in [5.74, 6) is 1.76. The molecule has 1 N–H and O–H groups in total. The third-order valence-electron chi connectivity index (χ3n) is 6.31. The molecule has 0 aromatic heterocycles. The van der Waals surface area contributed by atoms with Crippen LogP contribution in [-0.2, 0) is 0 Å². The number of piperidine rings is 2. The lowest BCUT2D eigenvalue weighted by Gasteiger charge is -2.49. The van der Waals surface area contributed by atoms with E-state index < -0.39 is 0 Å². The minimum atomic E-state index is 0.780. The molecule has 2 heteroatoms. The van der Waals surface area contributed by atoms with Crippen LogP contribution in [0.1, 0.15) is 65.2 Å². The van der Waals surface area contributed by atoms with Gasteiger partial charge < -0.3 is 10.2 Å². The van der Waals surface area contributed by atoms with Gasteiger partial charge in [-0.1, -0.05) is 26.7 Å². The fourth-order valence-corrected chi connectivity index (χ4v) is 5.03. The third kappa shape index (κ3) is 2.85. The molecule has 0 aromatic carbocycles.